The summed E-state index contributed by atoms with van der Waals surface area (Å²) >= 11 is 0. The molecule has 3 rings (SSSR count). The van der Waals surface area contributed by atoms with Gasteiger partial charge in [-0.2, -0.15) is 20.2 Å². The van der Waals surface area contributed by atoms with Crippen LogP contribution in [0.25, 0.3) is 11.6 Å². The molecule has 0 unspecified atom stereocenters. The molecule has 0 spiro atoms. The molecule has 0 saturated heterocycles. The average Bonchev–Trinajstić information content (AvgIpc) is 2.76. The number of aromatic nitrogens is 3. The maximum atomic E-state index is 11.3. The Hall–Kier alpha value is -4.45. The van der Waals surface area contributed by atoms with Gasteiger partial charge in [-0.1, -0.05) is 30.3 Å². The maximum Gasteiger partial charge on any atom is 0.336 e. The van der Waals surface area contributed by atoms with Crippen LogP contribution in [0, 0.1) is 11.3 Å². The molecule has 0 fully saturated rings. The first-order valence-corrected chi connectivity index (χ1v) is 9.22. The smallest absolute Gasteiger partial charge is 0.336 e. The van der Waals surface area contributed by atoms with E-state index in [1.54, 1.807) is 67.5 Å². The highest BCUT2D eigenvalue weighted by molar-refractivity contribution is 5.89. The highest BCUT2D eigenvalue weighted by Gasteiger charge is 2.12. The number of aromatic carboxylic acids is 1. The lowest BCUT2D eigenvalue weighted by atomic mass is 10.1. The number of anilines is 2. The van der Waals surface area contributed by atoms with Gasteiger partial charge in [0.1, 0.15) is 18.4 Å². The van der Waals surface area contributed by atoms with E-state index < -0.39 is 5.97 Å². The minimum Gasteiger partial charge on any atom is -0.489 e. The minimum absolute atomic E-state index is 0.0176. The summed E-state index contributed by atoms with van der Waals surface area (Å²) in [6.45, 7) is 0.0942. The lowest BCUT2D eigenvalue weighted by molar-refractivity contribution is 0.0694. The number of hydrogen-bond donors (Lipinski definition) is 2. The Morgan fingerprint density at radius 3 is 2.68 bits per heavy atom. The molecule has 0 radical (unpaired) electrons. The van der Waals surface area contributed by atoms with Gasteiger partial charge in [0.05, 0.1) is 11.1 Å². The van der Waals surface area contributed by atoms with Crippen molar-refractivity contribution in [3.63, 3.8) is 0 Å². The van der Waals surface area contributed by atoms with E-state index in [1.165, 1.54) is 6.07 Å². The van der Waals surface area contributed by atoms with Gasteiger partial charge < -0.3 is 20.5 Å². The van der Waals surface area contributed by atoms with Crippen molar-refractivity contribution < 1.29 is 14.6 Å². The second-order valence-electron chi connectivity index (χ2n) is 6.70. The number of benzene rings is 2. The minimum atomic E-state index is -1.01. The molecule has 2 aromatic carbocycles. The molecular formula is C22H20N6O3. The molecule has 0 bridgehead atoms. The lowest BCUT2D eigenvalue weighted by Gasteiger charge is -2.11. The van der Waals surface area contributed by atoms with Crippen molar-refractivity contribution in [1.29, 1.82) is 5.26 Å². The standard InChI is InChI=1S/C22H20N6O3/c1-28(2)22-26-19(25-21(24)27-22)16(12-23)10-14-6-5-8-17(11-14)31-13-15-7-3-4-9-18(15)20(29)30/h3-11H,13H2,1-2H3,(H,29,30)(H2,24,25,26,27)/b16-10+. The Labute approximate surface area is 179 Å². The fourth-order valence-electron chi connectivity index (χ4n) is 2.72. The summed E-state index contributed by atoms with van der Waals surface area (Å²) in [5.41, 5.74) is 7.40. The number of nitrogens with zero attached hydrogens (tertiary/aromatic N) is 5. The van der Waals surface area contributed by atoms with Gasteiger partial charge in [-0.25, -0.2) is 4.79 Å². The van der Waals surface area contributed by atoms with Crippen LogP contribution in [0.2, 0.25) is 0 Å². The van der Waals surface area contributed by atoms with Crippen LogP contribution in [0.5, 0.6) is 5.75 Å². The average molecular weight is 416 g/mol. The number of nitrogens with two attached hydrogens (primary N) is 1. The largest absolute Gasteiger partial charge is 0.489 e. The molecule has 1 heterocycles. The normalized spacial score (nSPS) is 10.9. The van der Waals surface area contributed by atoms with E-state index in [9.17, 15) is 15.2 Å². The van der Waals surface area contributed by atoms with E-state index in [2.05, 4.69) is 21.0 Å². The lowest BCUT2D eigenvalue weighted by Crippen LogP contribution is -2.15. The van der Waals surface area contributed by atoms with Gasteiger partial charge in [0.2, 0.25) is 11.9 Å². The van der Waals surface area contributed by atoms with Gasteiger partial charge >= 0.3 is 5.97 Å². The first kappa shape index (κ1) is 21.3. The fourth-order valence-corrected chi connectivity index (χ4v) is 2.72. The second-order valence-corrected chi connectivity index (χ2v) is 6.70. The van der Waals surface area contributed by atoms with Crippen LogP contribution in [0.1, 0.15) is 27.3 Å². The third-order valence-electron chi connectivity index (χ3n) is 4.21. The zero-order valence-corrected chi connectivity index (χ0v) is 17.0. The number of nitrogen functional groups attached to an aromatic ring is 1. The molecular weight excluding hydrogens is 396 g/mol. The van der Waals surface area contributed by atoms with E-state index in [4.69, 9.17) is 10.5 Å². The summed E-state index contributed by atoms with van der Waals surface area (Å²) in [4.78, 5) is 25.4. The quantitative estimate of drug-likeness (QED) is 0.557. The number of rotatable bonds is 7. The van der Waals surface area contributed by atoms with E-state index >= 15 is 0 Å². The molecule has 156 valence electrons. The maximum absolute atomic E-state index is 11.3. The molecule has 31 heavy (non-hydrogen) atoms. The van der Waals surface area contributed by atoms with Gasteiger partial charge in [-0.05, 0) is 29.8 Å². The van der Waals surface area contributed by atoms with Gasteiger partial charge in [-0.3, -0.25) is 0 Å². The number of carboxylic acid groups (broad SMARTS) is 1. The van der Waals surface area contributed by atoms with Crippen LogP contribution in [0.4, 0.5) is 11.9 Å². The van der Waals surface area contributed by atoms with E-state index in [0.717, 1.165) is 0 Å². The number of carbonyl (C=O) groups is 1. The summed E-state index contributed by atoms with van der Waals surface area (Å²) in [7, 11) is 3.52. The number of nitriles is 1. The number of allylic oxidation sites excluding steroid dienone is 1. The predicted molar refractivity (Wildman–Crippen MR) is 116 cm³/mol. The molecule has 1 aromatic heterocycles. The molecule has 0 aliphatic carbocycles. The van der Waals surface area contributed by atoms with Crippen molar-refractivity contribution in [2.24, 2.45) is 0 Å². The van der Waals surface area contributed by atoms with Crippen LogP contribution in [-0.2, 0) is 6.61 Å². The number of carboxylic acids is 1. The first-order valence-electron chi connectivity index (χ1n) is 9.22. The molecule has 9 heteroatoms. The highest BCUT2D eigenvalue weighted by atomic mass is 16.5. The third-order valence-corrected chi connectivity index (χ3v) is 4.21. The SMILES string of the molecule is CN(C)c1nc(N)nc(/C(C#N)=C/c2cccc(OCc3ccccc3C(=O)O)c2)n1. The molecule has 0 aliphatic heterocycles. The zero-order chi connectivity index (χ0) is 22.4. The Morgan fingerprint density at radius 2 is 1.97 bits per heavy atom. The molecule has 9 nitrogen and oxygen atoms in total. The van der Waals surface area contributed by atoms with Crippen LogP contribution in [0.3, 0.4) is 0 Å². The van der Waals surface area contributed by atoms with E-state index in [1.807, 2.05) is 0 Å². The molecule has 0 amide bonds. The molecule has 0 aliphatic rings. The molecule has 3 aromatic rings. The van der Waals surface area contributed by atoms with Crippen molar-refractivity contribution in [3.05, 3.63) is 71.0 Å². The van der Waals surface area contributed by atoms with Crippen molar-refractivity contribution in [1.82, 2.24) is 15.0 Å². The topological polar surface area (TPSA) is 138 Å². The predicted octanol–water partition coefficient (Wildman–Crippen LogP) is 2.86. The third kappa shape index (κ3) is 5.33. The van der Waals surface area contributed by atoms with Crippen molar-refractivity contribution >= 4 is 29.5 Å². The first-order chi connectivity index (χ1) is 14.9. The fraction of sp³-hybridized carbons (Fsp3) is 0.136. The van der Waals surface area contributed by atoms with Crippen LogP contribution in [0.15, 0.2) is 48.5 Å². The van der Waals surface area contributed by atoms with Gasteiger partial charge in [0.15, 0.2) is 5.82 Å². The summed E-state index contributed by atoms with van der Waals surface area (Å²) in [5.74, 6) is 0.0425. The Bertz CT molecular complexity index is 1180. The summed E-state index contributed by atoms with van der Waals surface area (Å²) in [6, 6.07) is 15.8. The molecule has 3 N–H and O–H groups in total. The Balaban J connectivity index is 1.85. The molecule has 0 atom stereocenters. The van der Waals surface area contributed by atoms with Crippen molar-refractivity contribution in [2.75, 3.05) is 24.7 Å². The summed E-state index contributed by atoms with van der Waals surface area (Å²) in [6.07, 6.45) is 1.62. The van der Waals surface area contributed by atoms with Crippen LogP contribution >= 0.6 is 0 Å². The van der Waals surface area contributed by atoms with Crippen molar-refractivity contribution in [2.45, 2.75) is 6.61 Å². The van der Waals surface area contributed by atoms with Crippen LogP contribution in [-0.4, -0.2) is 40.1 Å². The van der Waals surface area contributed by atoms with Crippen molar-refractivity contribution in [3.8, 4) is 11.8 Å². The van der Waals surface area contributed by atoms with E-state index in [-0.39, 0.29) is 29.5 Å². The Kier molecular flexibility index (Phi) is 6.42. The number of ether oxygens (including phenoxy) is 1. The van der Waals surface area contributed by atoms with Gasteiger partial charge in [0, 0.05) is 19.7 Å². The number of hydrogen-bond acceptors (Lipinski definition) is 8. The second kappa shape index (κ2) is 9.37. The van der Waals surface area contributed by atoms with Gasteiger partial charge in [-0.15, -0.1) is 0 Å². The van der Waals surface area contributed by atoms with E-state index in [0.29, 0.717) is 22.8 Å². The summed E-state index contributed by atoms with van der Waals surface area (Å²) < 4.78 is 5.77. The zero-order valence-electron chi connectivity index (χ0n) is 17.0. The Morgan fingerprint density at radius 1 is 1.19 bits per heavy atom. The molecule has 0 saturated carbocycles. The summed E-state index contributed by atoms with van der Waals surface area (Å²) in [5, 5.41) is 18.9. The van der Waals surface area contributed by atoms with Crippen LogP contribution < -0.4 is 15.4 Å². The van der Waals surface area contributed by atoms with Gasteiger partial charge in [0.25, 0.3) is 0 Å². The highest BCUT2D eigenvalue weighted by Crippen LogP contribution is 2.21. The monoisotopic (exact) mass is 416 g/mol.